The summed E-state index contributed by atoms with van der Waals surface area (Å²) >= 11 is 6.21. The van der Waals surface area contributed by atoms with Gasteiger partial charge in [0.1, 0.15) is 17.3 Å². The Morgan fingerprint density at radius 3 is 2.89 bits per heavy atom. The van der Waals surface area contributed by atoms with Crippen molar-refractivity contribution in [3.05, 3.63) is 46.9 Å². The zero-order valence-electron chi connectivity index (χ0n) is 10.4. The summed E-state index contributed by atoms with van der Waals surface area (Å²) in [7, 11) is 2.03. The largest absolute Gasteiger partial charge is 0.329 e. The Kier molecular flexibility index (Phi) is 2.71. The molecule has 0 saturated carbocycles. The van der Waals surface area contributed by atoms with Crippen LogP contribution in [0.5, 0.6) is 0 Å². The maximum atomic E-state index is 6.21. The molecule has 3 nitrogen and oxygen atoms in total. The third-order valence-electron chi connectivity index (χ3n) is 3.53. The molecule has 0 radical (unpaired) electrons. The number of hydrogen-bond acceptors (Lipinski definition) is 3. The monoisotopic (exact) mass is 259 g/mol. The molecule has 1 aromatic heterocycles. The molecule has 0 saturated heterocycles. The fourth-order valence-electron chi connectivity index (χ4n) is 2.59. The molecule has 0 aliphatic carbocycles. The Bertz CT molecular complexity index is 597. The van der Waals surface area contributed by atoms with Gasteiger partial charge in [0.05, 0.1) is 0 Å². The average molecular weight is 260 g/mol. The first-order valence-electron chi connectivity index (χ1n) is 6.00. The predicted octanol–water partition coefficient (Wildman–Crippen LogP) is 3.56. The molecule has 1 aliphatic heterocycles. The van der Waals surface area contributed by atoms with E-state index >= 15 is 0 Å². The molecule has 3 rings (SSSR count). The number of aromatic nitrogens is 2. The van der Waals surface area contributed by atoms with Gasteiger partial charge in [0, 0.05) is 18.3 Å². The van der Waals surface area contributed by atoms with Gasteiger partial charge in [0.15, 0.2) is 0 Å². The van der Waals surface area contributed by atoms with Crippen molar-refractivity contribution in [2.75, 3.05) is 11.9 Å². The van der Waals surface area contributed by atoms with Crippen LogP contribution in [0.25, 0.3) is 0 Å². The molecule has 0 fully saturated rings. The van der Waals surface area contributed by atoms with Crippen LogP contribution in [0.2, 0.25) is 5.15 Å². The normalized spacial score (nSPS) is 17.9. The Morgan fingerprint density at radius 2 is 2.06 bits per heavy atom. The van der Waals surface area contributed by atoms with Crippen molar-refractivity contribution < 1.29 is 0 Å². The number of nitrogens with zero attached hydrogens (tertiary/aromatic N) is 3. The number of rotatable bonds is 0. The third kappa shape index (κ3) is 1.66. The molecule has 0 N–H and O–H groups in total. The van der Waals surface area contributed by atoms with Crippen LogP contribution in [0, 0.1) is 0 Å². The summed E-state index contributed by atoms with van der Waals surface area (Å²) in [5.74, 6) is 1.32. The standard InChI is InChI=1S/C14H14ClN3/c1-9-7-11-13(15)16-8-17-14(11)18(2)12-6-4-3-5-10(9)12/h3-6,8-9H,7H2,1-2H3/t9-/m1/s1. The van der Waals surface area contributed by atoms with Crippen LogP contribution in [-0.2, 0) is 6.42 Å². The van der Waals surface area contributed by atoms with Crippen molar-refractivity contribution in [1.29, 1.82) is 0 Å². The first-order valence-corrected chi connectivity index (χ1v) is 6.38. The second-order valence-corrected chi connectivity index (χ2v) is 5.05. The summed E-state index contributed by atoms with van der Waals surface area (Å²) in [6, 6.07) is 8.42. The van der Waals surface area contributed by atoms with Crippen LogP contribution in [0.3, 0.4) is 0 Å². The molecule has 0 unspecified atom stereocenters. The highest BCUT2D eigenvalue weighted by Crippen LogP contribution is 2.40. The minimum absolute atomic E-state index is 0.411. The Balaban J connectivity index is 2.25. The van der Waals surface area contributed by atoms with E-state index in [0.29, 0.717) is 11.1 Å². The van der Waals surface area contributed by atoms with E-state index in [1.807, 2.05) is 7.05 Å². The molecule has 4 heteroatoms. The summed E-state index contributed by atoms with van der Waals surface area (Å²) in [6.45, 7) is 2.21. The van der Waals surface area contributed by atoms with Gasteiger partial charge in [-0.1, -0.05) is 36.7 Å². The van der Waals surface area contributed by atoms with E-state index < -0.39 is 0 Å². The van der Waals surface area contributed by atoms with Crippen molar-refractivity contribution in [1.82, 2.24) is 9.97 Å². The van der Waals surface area contributed by atoms with Gasteiger partial charge >= 0.3 is 0 Å². The molecule has 1 aliphatic rings. The number of para-hydroxylation sites is 1. The molecular weight excluding hydrogens is 246 g/mol. The van der Waals surface area contributed by atoms with E-state index in [-0.39, 0.29) is 0 Å². The summed E-state index contributed by atoms with van der Waals surface area (Å²) in [6.07, 6.45) is 2.40. The molecule has 92 valence electrons. The Labute approximate surface area is 111 Å². The Morgan fingerprint density at radius 1 is 1.28 bits per heavy atom. The van der Waals surface area contributed by atoms with Gasteiger partial charge in [-0.15, -0.1) is 0 Å². The number of hydrogen-bond donors (Lipinski definition) is 0. The van der Waals surface area contributed by atoms with Gasteiger partial charge in [-0.2, -0.15) is 0 Å². The lowest BCUT2D eigenvalue weighted by Crippen LogP contribution is -2.13. The molecule has 2 heterocycles. The van der Waals surface area contributed by atoms with E-state index in [4.69, 9.17) is 11.6 Å². The maximum absolute atomic E-state index is 6.21. The van der Waals surface area contributed by atoms with Crippen molar-refractivity contribution >= 4 is 23.1 Å². The molecule has 1 aromatic carbocycles. The van der Waals surface area contributed by atoms with E-state index in [9.17, 15) is 0 Å². The molecule has 0 spiro atoms. The highest BCUT2D eigenvalue weighted by molar-refractivity contribution is 6.30. The smallest absolute Gasteiger partial charge is 0.140 e. The molecule has 18 heavy (non-hydrogen) atoms. The molecule has 2 aromatic rings. The molecule has 0 bridgehead atoms. The highest BCUT2D eigenvalue weighted by Gasteiger charge is 2.25. The van der Waals surface area contributed by atoms with Crippen molar-refractivity contribution in [2.24, 2.45) is 0 Å². The van der Waals surface area contributed by atoms with E-state index in [1.54, 1.807) is 0 Å². The number of benzene rings is 1. The van der Waals surface area contributed by atoms with Crippen molar-refractivity contribution in [3.63, 3.8) is 0 Å². The first kappa shape index (κ1) is 11.5. The quantitative estimate of drug-likeness (QED) is 0.678. The van der Waals surface area contributed by atoms with Gasteiger partial charge in [-0.3, -0.25) is 0 Å². The summed E-state index contributed by atoms with van der Waals surface area (Å²) in [5.41, 5.74) is 3.55. The zero-order chi connectivity index (χ0) is 12.7. The van der Waals surface area contributed by atoms with Crippen LogP contribution in [0.15, 0.2) is 30.6 Å². The third-order valence-corrected chi connectivity index (χ3v) is 3.85. The average Bonchev–Trinajstić information content (AvgIpc) is 2.49. The number of fused-ring (bicyclic) bond motifs is 2. The SMILES string of the molecule is C[C@@H]1Cc2c(Cl)ncnc2N(C)c2ccccc21. The summed E-state index contributed by atoms with van der Waals surface area (Å²) < 4.78 is 0. The zero-order valence-corrected chi connectivity index (χ0v) is 11.1. The van der Waals surface area contributed by atoms with Gasteiger partial charge in [0.25, 0.3) is 0 Å². The van der Waals surface area contributed by atoms with Crippen LogP contribution in [-0.4, -0.2) is 17.0 Å². The lowest BCUT2D eigenvalue weighted by atomic mass is 9.95. The second kappa shape index (κ2) is 4.25. The summed E-state index contributed by atoms with van der Waals surface area (Å²) in [4.78, 5) is 10.6. The lowest BCUT2D eigenvalue weighted by molar-refractivity contribution is 0.764. The molecule has 1 atom stereocenters. The molecule has 0 amide bonds. The topological polar surface area (TPSA) is 29.0 Å². The van der Waals surface area contributed by atoms with E-state index in [0.717, 1.165) is 17.8 Å². The lowest BCUT2D eigenvalue weighted by Gasteiger charge is -2.20. The van der Waals surface area contributed by atoms with Crippen LogP contribution >= 0.6 is 11.6 Å². The van der Waals surface area contributed by atoms with Crippen molar-refractivity contribution in [3.8, 4) is 0 Å². The number of halogens is 1. The maximum Gasteiger partial charge on any atom is 0.140 e. The predicted molar refractivity (Wildman–Crippen MR) is 73.7 cm³/mol. The molecular formula is C14H14ClN3. The van der Waals surface area contributed by atoms with Crippen LogP contribution < -0.4 is 4.90 Å². The van der Waals surface area contributed by atoms with Gasteiger partial charge in [0.2, 0.25) is 0 Å². The van der Waals surface area contributed by atoms with Crippen molar-refractivity contribution in [2.45, 2.75) is 19.3 Å². The Hall–Kier alpha value is -1.61. The fraction of sp³-hybridized carbons (Fsp3) is 0.286. The van der Waals surface area contributed by atoms with Gasteiger partial charge in [-0.05, 0) is 24.0 Å². The van der Waals surface area contributed by atoms with Gasteiger partial charge < -0.3 is 4.90 Å². The van der Waals surface area contributed by atoms with Crippen LogP contribution in [0.4, 0.5) is 11.5 Å². The summed E-state index contributed by atoms with van der Waals surface area (Å²) in [5, 5.41) is 0.562. The second-order valence-electron chi connectivity index (χ2n) is 4.69. The van der Waals surface area contributed by atoms with Gasteiger partial charge in [-0.25, -0.2) is 9.97 Å². The number of anilines is 2. The van der Waals surface area contributed by atoms with E-state index in [1.165, 1.54) is 17.6 Å². The fourth-order valence-corrected chi connectivity index (χ4v) is 2.79. The highest BCUT2D eigenvalue weighted by atomic mass is 35.5. The van der Waals surface area contributed by atoms with E-state index in [2.05, 4.69) is 46.1 Å². The minimum Gasteiger partial charge on any atom is -0.329 e. The minimum atomic E-state index is 0.411. The first-order chi connectivity index (χ1) is 8.68. The van der Waals surface area contributed by atoms with Crippen LogP contribution in [0.1, 0.15) is 24.0 Å².